The molecule has 1 amide bonds. The molecule has 5 heteroatoms. The summed E-state index contributed by atoms with van der Waals surface area (Å²) in [6.07, 6.45) is 1.74. The van der Waals surface area contributed by atoms with Gasteiger partial charge in [-0.05, 0) is 25.1 Å². The van der Waals surface area contributed by atoms with Gasteiger partial charge in [0.05, 0.1) is 11.7 Å². The van der Waals surface area contributed by atoms with E-state index in [2.05, 4.69) is 10.4 Å². The number of Topliss-reactive ketones (excluding diaryl/α,β-unsaturated/α-hetero) is 1. The summed E-state index contributed by atoms with van der Waals surface area (Å²) in [6.45, 7) is 1.62. The van der Waals surface area contributed by atoms with E-state index < -0.39 is 0 Å². The van der Waals surface area contributed by atoms with Gasteiger partial charge < -0.3 is 5.32 Å². The SMILES string of the molecule is CC(=O)c1cccc(NC(=O)Cn2ncc3ccccc32)c1. The lowest BCUT2D eigenvalue weighted by Crippen LogP contribution is -2.19. The Hall–Kier alpha value is -2.95. The number of ketones is 1. The van der Waals surface area contributed by atoms with Crippen LogP contribution >= 0.6 is 0 Å². The number of nitrogens with one attached hydrogen (secondary N) is 1. The van der Waals surface area contributed by atoms with Gasteiger partial charge in [0.2, 0.25) is 5.91 Å². The second-order valence-electron chi connectivity index (χ2n) is 5.05. The summed E-state index contributed by atoms with van der Waals surface area (Å²) in [5.41, 5.74) is 2.09. The standard InChI is InChI=1S/C17H15N3O2/c1-12(21)13-6-4-7-15(9-13)19-17(22)11-20-16-8-3-2-5-14(16)10-18-20/h2-10H,11H2,1H3,(H,19,22). The lowest BCUT2D eigenvalue weighted by molar-refractivity contribution is -0.116. The third-order valence-corrected chi connectivity index (χ3v) is 3.40. The van der Waals surface area contributed by atoms with Crippen molar-refractivity contribution in [3.8, 4) is 0 Å². The monoisotopic (exact) mass is 293 g/mol. The van der Waals surface area contributed by atoms with Gasteiger partial charge in [-0.1, -0.05) is 30.3 Å². The average molecular weight is 293 g/mol. The van der Waals surface area contributed by atoms with Gasteiger partial charge in [-0.2, -0.15) is 5.10 Å². The van der Waals surface area contributed by atoms with E-state index >= 15 is 0 Å². The number of hydrogen-bond acceptors (Lipinski definition) is 3. The maximum absolute atomic E-state index is 12.1. The third-order valence-electron chi connectivity index (χ3n) is 3.40. The first kappa shape index (κ1) is 14.0. The largest absolute Gasteiger partial charge is 0.324 e. The fourth-order valence-electron chi connectivity index (χ4n) is 2.30. The summed E-state index contributed by atoms with van der Waals surface area (Å²) in [6, 6.07) is 14.6. The molecule has 3 aromatic rings. The molecule has 0 aliphatic heterocycles. The molecule has 0 aliphatic carbocycles. The quantitative estimate of drug-likeness (QED) is 0.752. The molecule has 0 unspecified atom stereocenters. The van der Waals surface area contributed by atoms with Gasteiger partial charge in [-0.25, -0.2) is 0 Å². The predicted octanol–water partition coefficient (Wildman–Crippen LogP) is 2.88. The van der Waals surface area contributed by atoms with Crippen molar-refractivity contribution in [2.24, 2.45) is 0 Å². The van der Waals surface area contributed by atoms with Gasteiger partial charge in [-0.3, -0.25) is 14.3 Å². The van der Waals surface area contributed by atoms with Crippen LogP contribution < -0.4 is 5.32 Å². The van der Waals surface area contributed by atoms with Crippen molar-refractivity contribution in [3.05, 3.63) is 60.3 Å². The molecule has 0 saturated heterocycles. The number of amides is 1. The second kappa shape index (κ2) is 5.81. The highest BCUT2D eigenvalue weighted by atomic mass is 16.2. The van der Waals surface area contributed by atoms with Gasteiger partial charge in [0.25, 0.3) is 0 Å². The van der Waals surface area contributed by atoms with Crippen LogP contribution in [-0.2, 0) is 11.3 Å². The molecule has 0 aliphatic rings. The molecule has 1 aromatic heterocycles. The average Bonchev–Trinajstić information content (AvgIpc) is 2.91. The molecule has 1 N–H and O–H groups in total. The molecular weight excluding hydrogens is 278 g/mol. The summed E-state index contributed by atoms with van der Waals surface area (Å²) in [4.78, 5) is 23.5. The number of benzene rings is 2. The lowest BCUT2D eigenvalue weighted by Gasteiger charge is -2.07. The Bertz CT molecular complexity index is 852. The van der Waals surface area contributed by atoms with Crippen molar-refractivity contribution >= 4 is 28.3 Å². The van der Waals surface area contributed by atoms with E-state index in [0.29, 0.717) is 11.3 Å². The fraction of sp³-hybridized carbons (Fsp3) is 0.118. The van der Waals surface area contributed by atoms with Gasteiger partial charge in [-0.15, -0.1) is 0 Å². The number of para-hydroxylation sites is 1. The maximum Gasteiger partial charge on any atom is 0.246 e. The van der Waals surface area contributed by atoms with Crippen LogP contribution in [0.1, 0.15) is 17.3 Å². The van der Waals surface area contributed by atoms with Crippen LogP contribution in [0.15, 0.2) is 54.7 Å². The molecule has 2 aromatic carbocycles. The number of hydrogen-bond donors (Lipinski definition) is 1. The lowest BCUT2D eigenvalue weighted by atomic mass is 10.1. The summed E-state index contributed by atoms with van der Waals surface area (Å²) in [7, 11) is 0. The molecule has 5 nitrogen and oxygen atoms in total. The van der Waals surface area contributed by atoms with Crippen molar-refractivity contribution in [2.75, 3.05) is 5.32 Å². The molecule has 0 saturated carbocycles. The van der Waals surface area contributed by atoms with Crippen molar-refractivity contribution in [1.29, 1.82) is 0 Å². The van der Waals surface area contributed by atoms with Gasteiger partial charge in [0.15, 0.2) is 5.78 Å². The molecule has 0 radical (unpaired) electrons. The highest BCUT2D eigenvalue weighted by Crippen LogP contribution is 2.14. The summed E-state index contributed by atoms with van der Waals surface area (Å²) in [5, 5.41) is 8.01. The smallest absolute Gasteiger partial charge is 0.246 e. The molecule has 22 heavy (non-hydrogen) atoms. The van der Waals surface area contributed by atoms with Crippen LogP contribution in [0, 0.1) is 0 Å². The van der Waals surface area contributed by atoms with E-state index in [0.717, 1.165) is 10.9 Å². The van der Waals surface area contributed by atoms with Crippen LogP contribution in [-0.4, -0.2) is 21.5 Å². The summed E-state index contributed by atoms with van der Waals surface area (Å²) >= 11 is 0. The number of aromatic nitrogens is 2. The van der Waals surface area contributed by atoms with E-state index in [-0.39, 0.29) is 18.2 Å². The van der Waals surface area contributed by atoms with Crippen molar-refractivity contribution in [2.45, 2.75) is 13.5 Å². The Morgan fingerprint density at radius 3 is 2.77 bits per heavy atom. The fourth-order valence-corrected chi connectivity index (χ4v) is 2.30. The number of carbonyl (C=O) groups is 2. The number of carbonyl (C=O) groups excluding carboxylic acids is 2. The van der Waals surface area contributed by atoms with E-state index in [1.54, 1.807) is 35.1 Å². The maximum atomic E-state index is 12.1. The minimum absolute atomic E-state index is 0.0332. The zero-order valence-electron chi connectivity index (χ0n) is 12.1. The number of fused-ring (bicyclic) bond motifs is 1. The minimum atomic E-state index is -0.186. The molecule has 3 rings (SSSR count). The van der Waals surface area contributed by atoms with E-state index in [4.69, 9.17) is 0 Å². The van der Waals surface area contributed by atoms with Gasteiger partial charge >= 0.3 is 0 Å². The number of anilines is 1. The van der Waals surface area contributed by atoms with Crippen molar-refractivity contribution in [3.63, 3.8) is 0 Å². The third kappa shape index (κ3) is 2.88. The zero-order chi connectivity index (χ0) is 15.5. The van der Waals surface area contributed by atoms with Crippen LogP contribution in [0.4, 0.5) is 5.69 Å². The summed E-state index contributed by atoms with van der Waals surface area (Å²) < 4.78 is 1.65. The van der Waals surface area contributed by atoms with Gasteiger partial charge in [0.1, 0.15) is 6.54 Å². The van der Waals surface area contributed by atoms with E-state index in [9.17, 15) is 9.59 Å². The van der Waals surface area contributed by atoms with Crippen molar-refractivity contribution < 1.29 is 9.59 Å². The highest BCUT2D eigenvalue weighted by molar-refractivity contribution is 5.97. The predicted molar refractivity (Wildman–Crippen MR) is 84.8 cm³/mol. The zero-order valence-corrected chi connectivity index (χ0v) is 12.1. The molecule has 110 valence electrons. The first-order valence-corrected chi connectivity index (χ1v) is 6.95. The molecule has 1 heterocycles. The van der Waals surface area contributed by atoms with E-state index in [1.165, 1.54) is 6.92 Å². The Balaban J connectivity index is 1.75. The van der Waals surface area contributed by atoms with E-state index in [1.807, 2.05) is 24.3 Å². The first-order chi connectivity index (χ1) is 10.6. The number of rotatable bonds is 4. The van der Waals surface area contributed by atoms with Crippen LogP contribution in [0.2, 0.25) is 0 Å². The molecule has 0 fully saturated rings. The van der Waals surface area contributed by atoms with Crippen LogP contribution in [0.25, 0.3) is 10.9 Å². The normalized spacial score (nSPS) is 10.6. The topological polar surface area (TPSA) is 64.0 Å². The Labute approximate surface area is 127 Å². The summed E-state index contributed by atoms with van der Waals surface area (Å²) in [5.74, 6) is -0.219. The van der Waals surface area contributed by atoms with Crippen LogP contribution in [0.5, 0.6) is 0 Å². The number of nitrogens with zero attached hydrogens (tertiary/aromatic N) is 2. The molecular formula is C17H15N3O2. The second-order valence-corrected chi connectivity index (χ2v) is 5.05. The Morgan fingerprint density at radius 1 is 1.14 bits per heavy atom. The van der Waals surface area contributed by atoms with Crippen molar-refractivity contribution in [1.82, 2.24) is 9.78 Å². The Morgan fingerprint density at radius 2 is 1.95 bits per heavy atom. The van der Waals surface area contributed by atoms with Gasteiger partial charge in [0, 0.05) is 16.6 Å². The first-order valence-electron chi connectivity index (χ1n) is 6.95. The molecule has 0 bridgehead atoms. The van der Waals surface area contributed by atoms with Crippen LogP contribution in [0.3, 0.4) is 0 Å². The minimum Gasteiger partial charge on any atom is -0.324 e. The Kier molecular flexibility index (Phi) is 3.70. The highest BCUT2D eigenvalue weighted by Gasteiger charge is 2.08. The molecule has 0 atom stereocenters. The molecule has 0 spiro atoms.